The lowest BCUT2D eigenvalue weighted by Gasteiger charge is -2.18. The van der Waals surface area contributed by atoms with Crippen LogP contribution in [0.1, 0.15) is 15.9 Å². The molecule has 0 saturated carbocycles. The predicted molar refractivity (Wildman–Crippen MR) is 98.0 cm³/mol. The van der Waals surface area contributed by atoms with E-state index in [-0.39, 0.29) is 22.2 Å². The van der Waals surface area contributed by atoms with Crippen molar-refractivity contribution in [2.24, 2.45) is 10.2 Å². The van der Waals surface area contributed by atoms with E-state index < -0.39 is 10.9 Å². The average molecular weight is 378 g/mol. The number of likely N-dealkylation sites (N-methyl/N-ethyl adjacent to an activating group) is 1. The van der Waals surface area contributed by atoms with E-state index in [1.54, 1.807) is 6.07 Å². The summed E-state index contributed by atoms with van der Waals surface area (Å²) in [5, 5.41) is 28.0. The molecule has 0 amide bonds. The number of hydrogen-bond acceptors (Lipinski definition) is 9. The lowest BCUT2D eigenvalue weighted by Crippen LogP contribution is -2.20. The van der Waals surface area contributed by atoms with Gasteiger partial charge in [-0.1, -0.05) is 0 Å². The number of thiophene rings is 1. The quantitative estimate of drug-likeness (QED) is 0.340. The molecule has 9 nitrogen and oxygen atoms in total. The maximum Gasteiger partial charge on any atom is 0.341 e. The van der Waals surface area contributed by atoms with Crippen LogP contribution in [-0.4, -0.2) is 43.3 Å². The highest BCUT2D eigenvalue weighted by Gasteiger charge is 2.22. The van der Waals surface area contributed by atoms with Crippen LogP contribution in [0.2, 0.25) is 0 Å². The lowest BCUT2D eigenvalue weighted by atomic mass is 10.1. The second-order valence-corrected chi connectivity index (χ2v) is 6.38. The van der Waals surface area contributed by atoms with Crippen molar-refractivity contribution in [3.05, 3.63) is 45.5 Å². The van der Waals surface area contributed by atoms with Gasteiger partial charge in [0.1, 0.15) is 5.56 Å². The van der Waals surface area contributed by atoms with Crippen LogP contribution in [0.15, 0.2) is 34.5 Å². The third-order valence-corrected chi connectivity index (χ3v) is 4.56. The number of nitro groups is 1. The maximum atomic E-state index is 11.8. The Bertz CT molecular complexity index is 849. The molecule has 0 aliphatic carbocycles. The number of carbonyl (C=O) groups is 1. The Balaban J connectivity index is 2.32. The third kappa shape index (κ3) is 4.41. The minimum absolute atomic E-state index is 0.00454. The zero-order valence-corrected chi connectivity index (χ0v) is 15.3. The van der Waals surface area contributed by atoms with Crippen LogP contribution >= 0.6 is 11.3 Å². The average Bonchev–Trinajstić information content (AvgIpc) is 3.04. The fraction of sp³-hybridized carbons (Fsp3) is 0.312. The summed E-state index contributed by atoms with van der Waals surface area (Å²) in [5.41, 5.74) is 2.32. The van der Waals surface area contributed by atoms with E-state index in [2.05, 4.69) is 15.0 Å². The third-order valence-electron chi connectivity index (χ3n) is 3.59. The van der Waals surface area contributed by atoms with Crippen LogP contribution in [-0.2, 0) is 4.74 Å². The number of aliphatic hydroxyl groups excluding tert-OH is 1. The first-order valence-electron chi connectivity index (χ1n) is 7.58. The number of azo groups is 1. The van der Waals surface area contributed by atoms with E-state index in [0.29, 0.717) is 12.2 Å². The van der Waals surface area contributed by atoms with Crippen LogP contribution in [0.3, 0.4) is 0 Å². The summed E-state index contributed by atoms with van der Waals surface area (Å²) in [5.74, 6) is -0.707. The number of esters is 1. The molecule has 1 aromatic heterocycles. The van der Waals surface area contributed by atoms with E-state index in [1.807, 2.05) is 31.0 Å². The van der Waals surface area contributed by atoms with E-state index >= 15 is 0 Å². The molecule has 0 aliphatic rings. The molecule has 0 bridgehead atoms. The van der Waals surface area contributed by atoms with Gasteiger partial charge in [-0.25, -0.2) is 4.79 Å². The summed E-state index contributed by atoms with van der Waals surface area (Å²) >= 11 is 0.755. The molecule has 0 fully saturated rings. The number of rotatable bonds is 7. The van der Waals surface area contributed by atoms with Crippen molar-refractivity contribution in [1.29, 1.82) is 0 Å². The Labute approximate surface area is 153 Å². The van der Waals surface area contributed by atoms with Gasteiger partial charge in [0, 0.05) is 25.3 Å². The Hall–Kier alpha value is -2.85. The van der Waals surface area contributed by atoms with Crippen LogP contribution in [0.4, 0.5) is 21.4 Å². The summed E-state index contributed by atoms with van der Waals surface area (Å²) in [6.07, 6.45) is 0. The van der Waals surface area contributed by atoms with Crippen molar-refractivity contribution in [1.82, 2.24) is 0 Å². The first-order valence-corrected chi connectivity index (χ1v) is 8.40. The largest absolute Gasteiger partial charge is 0.465 e. The van der Waals surface area contributed by atoms with Gasteiger partial charge in [0.05, 0.1) is 24.3 Å². The molecule has 1 N–H and O–H groups in total. The van der Waals surface area contributed by atoms with Crippen molar-refractivity contribution in [3.8, 4) is 0 Å². The number of hydrogen-bond donors (Lipinski definition) is 1. The number of ether oxygens (including phenoxy) is 1. The highest BCUT2D eigenvalue weighted by Crippen LogP contribution is 2.37. The van der Waals surface area contributed by atoms with Gasteiger partial charge in [0.2, 0.25) is 0 Å². The number of nitrogens with zero attached hydrogens (tertiary/aromatic N) is 4. The van der Waals surface area contributed by atoms with Gasteiger partial charge >= 0.3 is 11.0 Å². The molecular weight excluding hydrogens is 360 g/mol. The molecule has 0 aliphatic heterocycles. The summed E-state index contributed by atoms with van der Waals surface area (Å²) in [6, 6.07) is 6.60. The molecule has 10 heteroatoms. The van der Waals surface area contributed by atoms with Gasteiger partial charge in [0.15, 0.2) is 5.00 Å². The predicted octanol–water partition coefficient (Wildman–Crippen LogP) is 3.60. The van der Waals surface area contributed by atoms with Gasteiger partial charge in [0.25, 0.3) is 0 Å². The second-order valence-electron chi connectivity index (χ2n) is 5.37. The minimum Gasteiger partial charge on any atom is -0.465 e. The zero-order valence-electron chi connectivity index (χ0n) is 14.5. The molecule has 0 radical (unpaired) electrons. The van der Waals surface area contributed by atoms with E-state index in [0.717, 1.165) is 28.7 Å². The summed E-state index contributed by atoms with van der Waals surface area (Å²) < 4.78 is 4.63. The van der Waals surface area contributed by atoms with Crippen LogP contribution in [0.25, 0.3) is 0 Å². The Morgan fingerprint density at radius 3 is 2.69 bits per heavy atom. The molecule has 1 aromatic carbocycles. The lowest BCUT2D eigenvalue weighted by molar-refractivity contribution is -0.380. The number of aryl methyl sites for hydroxylation is 1. The second kappa shape index (κ2) is 8.50. The van der Waals surface area contributed by atoms with Crippen molar-refractivity contribution in [2.45, 2.75) is 6.92 Å². The molecule has 0 atom stereocenters. The number of benzene rings is 1. The first kappa shape index (κ1) is 19.5. The highest BCUT2D eigenvalue weighted by molar-refractivity contribution is 7.19. The molecule has 1 heterocycles. The van der Waals surface area contributed by atoms with Gasteiger partial charge < -0.3 is 14.7 Å². The number of aliphatic hydroxyl groups is 1. The topological polar surface area (TPSA) is 118 Å². The monoisotopic (exact) mass is 378 g/mol. The standard InChI is InChI=1S/C16H18N4O5S/c1-10-8-11(19(2)6-7-21)4-5-13(10)17-18-15-12(16(22)25-3)9-14(26-15)20(23)24/h4-5,8-9,21H,6-7H2,1-3H3. The van der Waals surface area contributed by atoms with Gasteiger partial charge in [-0.15, -0.1) is 10.2 Å². The van der Waals surface area contributed by atoms with Crippen LogP contribution in [0.5, 0.6) is 0 Å². The molecule has 0 unspecified atom stereocenters. The fourth-order valence-corrected chi connectivity index (χ4v) is 2.94. The van der Waals surface area contributed by atoms with Crippen molar-refractivity contribution < 1.29 is 19.6 Å². The maximum absolute atomic E-state index is 11.8. The molecule has 26 heavy (non-hydrogen) atoms. The molecule has 138 valence electrons. The van der Waals surface area contributed by atoms with Crippen LogP contribution in [0, 0.1) is 17.0 Å². The molecular formula is C16H18N4O5S. The van der Waals surface area contributed by atoms with Crippen molar-refractivity contribution >= 4 is 38.7 Å². The Morgan fingerprint density at radius 1 is 1.38 bits per heavy atom. The highest BCUT2D eigenvalue weighted by atomic mass is 32.1. The normalized spacial score (nSPS) is 10.9. The SMILES string of the molecule is COC(=O)c1cc([N+](=O)[O-])sc1N=Nc1ccc(N(C)CCO)cc1C. The zero-order chi connectivity index (χ0) is 19.3. The first-order chi connectivity index (χ1) is 12.4. The van der Waals surface area contributed by atoms with Crippen molar-refractivity contribution in [2.75, 3.05) is 32.2 Å². The van der Waals surface area contributed by atoms with Crippen molar-refractivity contribution in [3.63, 3.8) is 0 Å². The molecule has 2 aromatic rings. The van der Waals surface area contributed by atoms with E-state index in [4.69, 9.17) is 5.11 Å². The number of methoxy groups -OCH3 is 1. The summed E-state index contributed by atoms with van der Waals surface area (Å²) in [4.78, 5) is 24.0. The Kier molecular flexibility index (Phi) is 6.36. The van der Waals surface area contributed by atoms with E-state index in [9.17, 15) is 14.9 Å². The van der Waals surface area contributed by atoms with Gasteiger partial charge in [-0.3, -0.25) is 10.1 Å². The molecule has 2 rings (SSSR count). The molecule has 0 saturated heterocycles. The number of carbonyl (C=O) groups excluding carboxylic acids is 1. The fourth-order valence-electron chi connectivity index (χ4n) is 2.16. The Morgan fingerprint density at radius 2 is 2.12 bits per heavy atom. The van der Waals surface area contributed by atoms with Gasteiger partial charge in [-0.2, -0.15) is 0 Å². The smallest absolute Gasteiger partial charge is 0.341 e. The summed E-state index contributed by atoms with van der Waals surface area (Å²) in [7, 11) is 3.05. The van der Waals surface area contributed by atoms with E-state index in [1.165, 1.54) is 7.11 Å². The number of anilines is 1. The minimum atomic E-state index is -0.707. The summed E-state index contributed by atoms with van der Waals surface area (Å²) in [6.45, 7) is 2.40. The van der Waals surface area contributed by atoms with Gasteiger partial charge in [-0.05, 0) is 42.0 Å². The molecule has 0 spiro atoms. The van der Waals surface area contributed by atoms with Crippen LogP contribution < -0.4 is 4.90 Å².